The van der Waals surface area contributed by atoms with Crippen molar-refractivity contribution >= 4 is 17.3 Å². The first kappa shape index (κ1) is 10.8. The van der Waals surface area contributed by atoms with Crippen LogP contribution in [0.25, 0.3) is 11.4 Å². The van der Waals surface area contributed by atoms with Gasteiger partial charge in [-0.05, 0) is 24.8 Å². The lowest BCUT2D eigenvalue weighted by Gasteiger charge is -2.02. The molecule has 0 aliphatic rings. The van der Waals surface area contributed by atoms with E-state index >= 15 is 0 Å². The Labute approximate surface area is 96.6 Å². The Morgan fingerprint density at radius 1 is 1.38 bits per heavy atom. The number of carboxylic acids is 1. The zero-order chi connectivity index (χ0) is 11.7. The van der Waals surface area contributed by atoms with Crippen LogP contribution in [-0.4, -0.2) is 21.0 Å². The van der Waals surface area contributed by atoms with Gasteiger partial charge in [-0.2, -0.15) is 11.3 Å². The molecule has 0 aromatic carbocycles. The molecule has 0 atom stereocenters. The number of nitrogens with zero attached hydrogens (tertiary/aromatic N) is 2. The van der Waals surface area contributed by atoms with Crippen molar-refractivity contribution in [1.29, 1.82) is 0 Å². The molecular formula is C11H10N2O2S. The number of aromatic carboxylic acids is 1. The molecule has 2 rings (SSSR count). The number of hydrogen-bond acceptors (Lipinski definition) is 4. The van der Waals surface area contributed by atoms with Crippen LogP contribution in [0, 0.1) is 13.8 Å². The summed E-state index contributed by atoms with van der Waals surface area (Å²) in [5, 5.41) is 12.8. The minimum atomic E-state index is -0.994. The summed E-state index contributed by atoms with van der Waals surface area (Å²) in [4.78, 5) is 19.1. The number of thiophene rings is 1. The number of hydrogen-bond donors (Lipinski definition) is 1. The molecule has 2 aromatic heterocycles. The Bertz CT molecular complexity index is 549. The highest BCUT2D eigenvalue weighted by Gasteiger charge is 2.12. The SMILES string of the molecule is Cc1cscc1-c1ncc(C(=O)O)c(C)n1. The Morgan fingerprint density at radius 2 is 2.12 bits per heavy atom. The van der Waals surface area contributed by atoms with Crippen molar-refractivity contribution in [2.75, 3.05) is 0 Å². The molecule has 1 N–H and O–H groups in total. The lowest BCUT2D eigenvalue weighted by Crippen LogP contribution is -2.04. The molecular weight excluding hydrogens is 224 g/mol. The first-order chi connectivity index (χ1) is 7.59. The van der Waals surface area contributed by atoms with E-state index in [1.54, 1.807) is 18.3 Å². The minimum Gasteiger partial charge on any atom is -0.478 e. The summed E-state index contributed by atoms with van der Waals surface area (Å²) in [7, 11) is 0. The van der Waals surface area contributed by atoms with Gasteiger partial charge >= 0.3 is 5.97 Å². The summed E-state index contributed by atoms with van der Waals surface area (Å²) < 4.78 is 0. The van der Waals surface area contributed by atoms with Gasteiger partial charge in [-0.15, -0.1) is 0 Å². The topological polar surface area (TPSA) is 63.1 Å². The number of aryl methyl sites for hydroxylation is 2. The average Bonchev–Trinajstić information content (AvgIpc) is 2.63. The molecule has 0 unspecified atom stereocenters. The lowest BCUT2D eigenvalue weighted by molar-refractivity contribution is 0.0695. The van der Waals surface area contributed by atoms with Gasteiger partial charge in [0.05, 0.1) is 11.3 Å². The van der Waals surface area contributed by atoms with Crippen LogP contribution in [0.4, 0.5) is 0 Å². The molecule has 0 saturated carbocycles. The summed E-state index contributed by atoms with van der Waals surface area (Å²) in [6.45, 7) is 3.66. The maximum Gasteiger partial charge on any atom is 0.339 e. The Hall–Kier alpha value is -1.75. The Kier molecular flexibility index (Phi) is 2.70. The lowest BCUT2D eigenvalue weighted by atomic mass is 10.2. The highest BCUT2D eigenvalue weighted by atomic mass is 32.1. The van der Waals surface area contributed by atoms with E-state index in [-0.39, 0.29) is 5.56 Å². The molecule has 0 fully saturated rings. The standard InChI is InChI=1S/C11H10N2O2S/c1-6-4-16-5-9(6)10-12-3-8(11(14)15)7(2)13-10/h3-5H,1-2H3,(H,14,15). The molecule has 5 heteroatoms. The number of carbonyl (C=O) groups is 1. The second kappa shape index (κ2) is 4.02. The predicted octanol–water partition coefficient (Wildman–Crippen LogP) is 2.52. The largest absolute Gasteiger partial charge is 0.478 e. The summed E-state index contributed by atoms with van der Waals surface area (Å²) in [5.74, 6) is -0.410. The van der Waals surface area contributed by atoms with Gasteiger partial charge < -0.3 is 5.11 Å². The van der Waals surface area contributed by atoms with E-state index < -0.39 is 5.97 Å². The normalized spacial score (nSPS) is 10.4. The average molecular weight is 234 g/mol. The molecule has 2 heterocycles. The van der Waals surface area contributed by atoms with Crippen LogP contribution in [0.1, 0.15) is 21.6 Å². The van der Waals surface area contributed by atoms with Crippen LogP contribution in [-0.2, 0) is 0 Å². The summed E-state index contributed by atoms with van der Waals surface area (Å²) >= 11 is 1.58. The third-order valence-electron chi connectivity index (χ3n) is 2.31. The highest BCUT2D eigenvalue weighted by molar-refractivity contribution is 7.08. The smallest absolute Gasteiger partial charge is 0.339 e. The predicted molar refractivity (Wildman–Crippen MR) is 61.8 cm³/mol. The molecule has 82 valence electrons. The molecule has 0 bridgehead atoms. The van der Waals surface area contributed by atoms with Crippen LogP contribution in [0.5, 0.6) is 0 Å². The van der Waals surface area contributed by atoms with Gasteiger partial charge in [0.2, 0.25) is 0 Å². The van der Waals surface area contributed by atoms with Crippen molar-refractivity contribution in [1.82, 2.24) is 9.97 Å². The van der Waals surface area contributed by atoms with Crippen LogP contribution in [0.15, 0.2) is 17.0 Å². The fourth-order valence-electron chi connectivity index (χ4n) is 1.40. The van der Waals surface area contributed by atoms with Crippen LogP contribution in [0.3, 0.4) is 0 Å². The quantitative estimate of drug-likeness (QED) is 0.867. The number of rotatable bonds is 2. The van der Waals surface area contributed by atoms with Gasteiger partial charge in [0.25, 0.3) is 0 Å². The van der Waals surface area contributed by atoms with E-state index in [0.29, 0.717) is 11.5 Å². The third kappa shape index (κ3) is 1.81. The highest BCUT2D eigenvalue weighted by Crippen LogP contribution is 2.24. The number of carboxylic acid groups (broad SMARTS) is 1. The molecule has 0 aliphatic carbocycles. The summed E-state index contributed by atoms with van der Waals surface area (Å²) in [5.41, 5.74) is 2.71. The van der Waals surface area contributed by atoms with E-state index in [4.69, 9.17) is 5.11 Å². The maximum absolute atomic E-state index is 10.8. The van der Waals surface area contributed by atoms with Crippen molar-refractivity contribution in [2.24, 2.45) is 0 Å². The monoisotopic (exact) mass is 234 g/mol. The molecule has 0 saturated heterocycles. The second-order valence-corrected chi connectivity index (χ2v) is 4.21. The fourth-order valence-corrected chi connectivity index (χ4v) is 2.22. The van der Waals surface area contributed by atoms with Crippen LogP contribution >= 0.6 is 11.3 Å². The van der Waals surface area contributed by atoms with Gasteiger partial charge in [0, 0.05) is 17.1 Å². The molecule has 16 heavy (non-hydrogen) atoms. The van der Waals surface area contributed by atoms with Gasteiger partial charge in [-0.3, -0.25) is 0 Å². The van der Waals surface area contributed by atoms with Crippen molar-refractivity contribution in [3.8, 4) is 11.4 Å². The van der Waals surface area contributed by atoms with Crippen molar-refractivity contribution < 1.29 is 9.90 Å². The van der Waals surface area contributed by atoms with Crippen molar-refractivity contribution in [3.05, 3.63) is 33.8 Å². The van der Waals surface area contributed by atoms with Gasteiger partial charge in [0.15, 0.2) is 5.82 Å². The van der Waals surface area contributed by atoms with Gasteiger partial charge in [-0.25, -0.2) is 14.8 Å². The molecule has 4 nitrogen and oxygen atoms in total. The third-order valence-corrected chi connectivity index (χ3v) is 3.17. The van der Waals surface area contributed by atoms with Crippen molar-refractivity contribution in [3.63, 3.8) is 0 Å². The molecule has 0 aliphatic heterocycles. The van der Waals surface area contributed by atoms with E-state index in [2.05, 4.69) is 9.97 Å². The first-order valence-electron chi connectivity index (χ1n) is 4.69. The minimum absolute atomic E-state index is 0.150. The van der Waals surface area contributed by atoms with Crippen LogP contribution in [0.2, 0.25) is 0 Å². The van der Waals surface area contributed by atoms with E-state index in [1.807, 2.05) is 17.7 Å². The summed E-state index contributed by atoms with van der Waals surface area (Å²) in [6, 6.07) is 0. The zero-order valence-corrected chi connectivity index (χ0v) is 9.71. The van der Waals surface area contributed by atoms with Crippen LogP contribution < -0.4 is 0 Å². The maximum atomic E-state index is 10.8. The molecule has 0 radical (unpaired) electrons. The second-order valence-electron chi connectivity index (χ2n) is 3.47. The van der Waals surface area contributed by atoms with E-state index in [9.17, 15) is 4.79 Å². The summed E-state index contributed by atoms with van der Waals surface area (Å²) in [6.07, 6.45) is 1.36. The Balaban J connectivity index is 2.50. The Morgan fingerprint density at radius 3 is 2.62 bits per heavy atom. The molecule has 0 amide bonds. The zero-order valence-electron chi connectivity index (χ0n) is 8.89. The fraction of sp³-hybridized carbons (Fsp3) is 0.182. The first-order valence-corrected chi connectivity index (χ1v) is 5.64. The van der Waals surface area contributed by atoms with E-state index in [0.717, 1.165) is 11.1 Å². The number of aromatic nitrogens is 2. The van der Waals surface area contributed by atoms with Crippen molar-refractivity contribution in [2.45, 2.75) is 13.8 Å². The molecule has 2 aromatic rings. The van der Waals surface area contributed by atoms with Gasteiger partial charge in [0.1, 0.15) is 0 Å². The molecule has 0 spiro atoms. The van der Waals surface area contributed by atoms with E-state index in [1.165, 1.54) is 6.20 Å². The van der Waals surface area contributed by atoms with Gasteiger partial charge in [-0.1, -0.05) is 0 Å².